The SMILES string of the molecule is O=[N+]([O-])c1ccc(-c2csc(=Nc3ccccc3)n2Cc2ccc3c(c2)OCO3)cc1. The molecule has 7 nitrogen and oxygen atoms in total. The molecule has 0 aliphatic carbocycles. The summed E-state index contributed by atoms with van der Waals surface area (Å²) in [5, 5.41) is 13.0. The Bertz CT molecular complexity index is 1310. The Labute approximate surface area is 181 Å². The van der Waals surface area contributed by atoms with Gasteiger partial charge in [0.2, 0.25) is 6.79 Å². The van der Waals surface area contributed by atoms with Gasteiger partial charge in [-0.3, -0.25) is 10.1 Å². The van der Waals surface area contributed by atoms with Crippen molar-refractivity contribution in [2.24, 2.45) is 4.99 Å². The quantitative estimate of drug-likeness (QED) is 0.324. The van der Waals surface area contributed by atoms with Crippen molar-refractivity contribution in [3.05, 3.63) is 98.7 Å². The smallest absolute Gasteiger partial charge is 0.269 e. The van der Waals surface area contributed by atoms with Gasteiger partial charge in [0.15, 0.2) is 16.3 Å². The van der Waals surface area contributed by atoms with Crippen LogP contribution in [0.2, 0.25) is 0 Å². The molecule has 0 atom stereocenters. The van der Waals surface area contributed by atoms with Gasteiger partial charge in [0.05, 0.1) is 22.8 Å². The molecular weight excluding hydrogens is 414 g/mol. The van der Waals surface area contributed by atoms with Crippen LogP contribution in [0.3, 0.4) is 0 Å². The van der Waals surface area contributed by atoms with Crippen molar-refractivity contribution in [2.75, 3.05) is 6.79 Å². The van der Waals surface area contributed by atoms with E-state index in [0.717, 1.165) is 38.8 Å². The van der Waals surface area contributed by atoms with E-state index in [9.17, 15) is 10.1 Å². The van der Waals surface area contributed by atoms with Crippen LogP contribution in [-0.2, 0) is 6.54 Å². The summed E-state index contributed by atoms with van der Waals surface area (Å²) in [4.78, 5) is 16.3. The van der Waals surface area contributed by atoms with Crippen molar-refractivity contribution in [3.8, 4) is 22.8 Å². The molecule has 31 heavy (non-hydrogen) atoms. The highest BCUT2D eigenvalue weighted by molar-refractivity contribution is 7.07. The standard InChI is InChI=1S/C23H17N3O4S/c27-26(28)19-9-7-17(8-10-19)20-14-31-23(24-18-4-2-1-3-5-18)25(20)13-16-6-11-21-22(12-16)30-15-29-21/h1-12,14H,13,15H2. The molecule has 8 heteroatoms. The minimum absolute atomic E-state index is 0.0653. The second-order valence-electron chi connectivity index (χ2n) is 6.93. The highest BCUT2D eigenvalue weighted by atomic mass is 32.1. The summed E-state index contributed by atoms with van der Waals surface area (Å²) in [6, 6.07) is 22.2. The molecule has 0 spiro atoms. The van der Waals surface area contributed by atoms with Crippen LogP contribution in [0.1, 0.15) is 5.56 Å². The Kier molecular flexibility index (Phi) is 4.97. The van der Waals surface area contributed by atoms with Crippen molar-refractivity contribution >= 4 is 22.7 Å². The van der Waals surface area contributed by atoms with Crippen molar-refractivity contribution in [1.29, 1.82) is 0 Å². The summed E-state index contributed by atoms with van der Waals surface area (Å²) >= 11 is 1.53. The van der Waals surface area contributed by atoms with E-state index in [4.69, 9.17) is 14.5 Å². The first-order valence-corrected chi connectivity index (χ1v) is 10.5. The summed E-state index contributed by atoms with van der Waals surface area (Å²) in [5.41, 5.74) is 3.79. The predicted molar refractivity (Wildman–Crippen MR) is 118 cm³/mol. The van der Waals surface area contributed by atoms with Crippen molar-refractivity contribution in [3.63, 3.8) is 0 Å². The number of para-hydroxylation sites is 1. The maximum absolute atomic E-state index is 11.0. The van der Waals surface area contributed by atoms with E-state index < -0.39 is 4.92 Å². The minimum Gasteiger partial charge on any atom is -0.454 e. The molecule has 0 fully saturated rings. The average Bonchev–Trinajstić information content (AvgIpc) is 3.41. The molecule has 1 aliphatic heterocycles. The molecule has 0 saturated carbocycles. The van der Waals surface area contributed by atoms with Crippen LogP contribution < -0.4 is 14.3 Å². The number of ether oxygens (including phenoxy) is 2. The van der Waals surface area contributed by atoms with Gasteiger partial charge >= 0.3 is 0 Å². The van der Waals surface area contributed by atoms with Gasteiger partial charge in [-0.2, -0.15) is 0 Å². The number of nitro groups is 1. The molecule has 154 valence electrons. The second-order valence-corrected chi connectivity index (χ2v) is 7.77. The largest absolute Gasteiger partial charge is 0.454 e. The van der Waals surface area contributed by atoms with Gasteiger partial charge in [-0.15, -0.1) is 11.3 Å². The van der Waals surface area contributed by atoms with Crippen LogP contribution in [-0.4, -0.2) is 16.3 Å². The number of aromatic nitrogens is 1. The lowest BCUT2D eigenvalue weighted by Gasteiger charge is -2.10. The zero-order valence-corrected chi connectivity index (χ0v) is 17.1. The Morgan fingerprint density at radius 1 is 1.00 bits per heavy atom. The number of nitro benzene ring substituents is 1. The van der Waals surface area contributed by atoms with E-state index in [0.29, 0.717) is 6.54 Å². The van der Waals surface area contributed by atoms with Gasteiger partial charge in [-0.05, 0) is 47.5 Å². The number of nitrogens with zero attached hydrogens (tertiary/aromatic N) is 3. The van der Waals surface area contributed by atoms with Crippen LogP contribution in [0.25, 0.3) is 11.3 Å². The van der Waals surface area contributed by atoms with Gasteiger partial charge in [-0.1, -0.05) is 24.3 Å². The first-order valence-electron chi connectivity index (χ1n) is 9.59. The van der Waals surface area contributed by atoms with Gasteiger partial charge in [-0.25, -0.2) is 4.99 Å². The number of hydrogen-bond donors (Lipinski definition) is 0. The number of non-ortho nitro benzene ring substituents is 1. The first kappa shape index (κ1) is 19.1. The van der Waals surface area contributed by atoms with E-state index in [2.05, 4.69) is 4.57 Å². The van der Waals surface area contributed by atoms with Crippen molar-refractivity contribution in [2.45, 2.75) is 6.54 Å². The molecule has 3 aromatic carbocycles. The molecule has 0 amide bonds. The van der Waals surface area contributed by atoms with Gasteiger partial charge in [0, 0.05) is 17.5 Å². The molecule has 4 aromatic rings. The summed E-state index contributed by atoms with van der Waals surface area (Å²) in [5.74, 6) is 1.47. The predicted octanol–water partition coefficient (Wildman–Crippen LogP) is 5.13. The summed E-state index contributed by atoms with van der Waals surface area (Å²) in [7, 11) is 0. The van der Waals surface area contributed by atoms with E-state index in [-0.39, 0.29) is 12.5 Å². The maximum atomic E-state index is 11.0. The van der Waals surface area contributed by atoms with E-state index in [1.54, 1.807) is 12.1 Å². The summed E-state index contributed by atoms with van der Waals surface area (Å²) in [6.07, 6.45) is 0. The second kappa shape index (κ2) is 8.08. The van der Waals surface area contributed by atoms with Gasteiger partial charge in [0.1, 0.15) is 0 Å². The Morgan fingerprint density at radius 2 is 1.77 bits per heavy atom. The molecule has 1 aromatic heterocycles. The summed E-state index contributed by atoms with van der Waals surface area (Å²) < 4.78 is 13.0. The molecule has 0 bridgehead atoms. The molecule has 0 N–H and O–H groups in total. The van der Waals surface area contributed by atoms with Crippen LogP contribution in [0.15, 0.2) is 83.2 Å². The fraction of sp³-hybridized carbons (Fsp3) is 0.0870. The number of rotatable bonds is 5. The minimum atomic E-state index is -0.395. The number of hydrogen-bond acceptors (Lipinski definition) is 6. The van der Waals surface area contributed by atoms with Gasteiger partial charge in [0.25, 0.3) is 5.69 Å². The van der Waals surface area contributed by atoms with E-state index >= 15 is 0 Å². The lowest BCUT2D eigenvalue weighted by molar-refractivity contribution is -0.384. The van der Waals surface area contributed by atoms with Crippen LogP contribution in [0.4, 0.5) is 11.4 Å². The molecule has 5 rings (SSSR count). The van der Waals surface area contributed by atoms with E-state index in [1.165, 1.54) is 23.5 Å². The van der Waals surface area contributed by atoms with Crippen LogP contribution in [0.5, 0.6) is 11.5 Å². The maximum Gasteiger partial charge on any atom is 0.269 e. The number of benzene rings is 3. The van der Waals surface area contributed by atoms with Gasteiger partial charge < -0.3 is 14.0 Å². The highest BCUT2D eigenvalue weighted by Gasteiger charge is 2.15. The van der Waals surface area contributed by atoms with Crippen LogP contribution in [0, 0.1) is 10.1 Å². The van der Waals surface area contributed by atoms with Crippen molar-refractivity contribution in [1.82, 2.24) is 4.57 Å². The zero-order chi connectivity index (χ0) is 21.2. The lowest BCUT2D eigenvalue weighted by atomic mass is 10.1. The fourth-order valence-electron chi connectivity index (χ4n) is 3.39. The zero-order valence-electron chi connectivity index (χ0n) is 16.3. The highest BCUT2D eigenvalue weighted by Crippen LogP contribution is 2.33. The Hall–Kier alpha value is -3.91. The molecule has 0 unspecified atom stereocenters. The molecular formula is C23H17N3O4S. The first-order chi connectivity index (χ1) is 15.2. The number of fused-ring (bicyclic) bond motifs is 1. The third-order valence-electron chi connectivity index (χ3n) is 4.93. The average molecular weight is 431 g/mol. The lowest BCUT2D eigenvalue weighted by Crippen LogP contribution is -2.16. The molecule has 2 heterocycles. The molecule has 1 aliphatic rings. The third-order valence-corrected chi connectivity index (χ3v) is 5.79. The van der Waals surface area contributed by atoms with Crippen LogP contribution >= 0.6 is 11.3 Å². The normalized spacial score (nSPS) is 12.8. The summed E-state index contributed by atoms with van der Waals surface area (Å²) in [6.45, 7) is 0.797. The third kappa shape index (κ3) is 3.93. The topological polar surface area (TPSA) is 78.9 Å². The molecule has 0 radical (unpaired) electrons. The number of thiazole rings is 1. The Balaban J connectivity index is 1.60. The fourth-order valence-corrected chi connectivity index (χ4v) is 4.32. The van der Waals surface area contributed by atoms with Crippen molar-refractivity contribution < 1.29 is 14.4 Å². The Morgan fingerprint density at radius 3 is 2.55 bits per heavy atom. The monoisotopic (exact) mass is 431 g/mol. The van der Waals surface area contributed by atoms with E-state index in [1.807, 2.05) is 53.9 Å². The molecule has 0 saturated heterocycles.